The van der Waals surface area contributed by atoms with Gasteiger partial charge in [0.15, 0.2) is 0 Å². The van der Waals surface area contributed by atoms with Crippen molar-refractivity contribution < 1.29 is 13.9 Å². The van der Waals surface area contributed by atoms with Gasteiger partial charge in [0, 0.05) is 11.4 Å². The van der Waals surface area contributed by atoms with Crippen LogP contribution in [0.15, 0.2) is 41.3 Å². The molecular formula is C19H22ClFN2O2S. The number of benzene rings is 2. The molecule has 2 N–H and O–H groups in total. The van der Waals surface area contributed by atoms with Crippen molar-refractivity contribution in [1.82, 2.24) is 5.32 Å². The fraction of sp³-hybridized carbons (Fsp3) is 0.316. The molecule has 26 heavy (non-hydrogen) atoms. The van der Waals surface area contributed by atoms with Crippen LogP contribution in [0.1, 0.15) is 18.1 Å². The SMILES string of the molecule is CCOc1ccc(SCC(=O)Nc2ccc3c(c2F)CCNC3)cc1.Cl. The van der Waals surface area contributed by atoms with E-state index in [0.29, 0.717) is 25.1 Å². The second-order valence-corrected chi connectivity index (χ2v) is 6.78. The lowest BCUT2D eigenvalue weighted by Gasteiger charge is -2.19. The third kappa shape index (κ3) is 5.13. The van der Waals surface area contributed by atoms with Crippen LogP contribution in [0.25, 0.3) is 0 Å². The summed E-state index contributed by atoms with van der Waals surface area (Å²) < 4.78 is 19.9. The number of anilines is 1. The van der Waals surface area contributed by atoms with E-state index in [0.717, 1.165) is 22.8 Å². The molecule has 2 aromatic carbocycles. The lowest BCUT2D eigenvalue weighted by atomic mass is 9.99. The minimum atomic E-state index is -0.307. The van der Waals surface area contributed by atoms with Crippen molar-refractivity contribution in [3.05, 3.63) is 53.3 Å². The minimum absolute atomic E-state index is 0. The molecule has 0 radical (unpaired) electrons. The Balaban J connectivity index is 0.00000243. The standard InChI is InChI=1S/C19H21FN2O2S.ClH/c1-2-24-14-4-6-15(7-5-14)25-12-18(23)22-17-8-3-13-11-21-10-9-16(13)19(17)20;/h3-8,21H,2,9-12H2,1H3,(H,22,23);1H. The Bertz CT molecular complexity index is 756. The van der Waals surface area contributed by atoms with Gasteiger partial charge in [-0.25, -0.2) is 4.39 Å². The van der Waals surface area contributed by atoms with Crippen molar-refractivity contribution in [3.63, 3.8) is 0 Å². The molecule has 7 heteroatoms. The Kier molecular flexibility index (Phi) is 7.75. The highest BCUT2D eigenvalue weighted by atomic mass is 35.5. The van der Waals surface area contributed by atoms with Gasteiger partial charge < -0.3 is 15.4 Å². The normalized spacial score (nSPS) is 12.7. The van der Waals surface area contributed by atoms with E-state index in [1.807, 2.05) is 37.3 Å². The largest absolute Gasteiger partial charge is 0.494 e. The van der Waals surface area contributed by atoms with Crippen molar-refractivity contribution in [2.45, 2.75) is 24.8 Å². The van der Waals surface area contributed by atoms with E-state index in [9.17, 15) is 9.18 Å². The highest BCUT2D eigenvalue weighted by Gasteiger charge is 2.17. The van der Waals surface area contributed by atoms with Gasteiger partial charge in [-0.3, -0.25) is 4.79 Å². The first-order chi connectivity index (χ1) is 12.2. The van der Waals surface area contributed by atoms with Crippen molar-refractivity contribution >= 4 is 35.8 Å². The van der Waals surface area contributed by atoms with Gasteiger partial charge in [0.2, 0.25) is 5.91 Å². The Morgan fingerprint density at radius 1 is 1.27 bits per heavy atom. The highest BCUT2D eigenvalue weighted by molar-refractivity contribution is 8.00. The van der Waals surface area contributed by atoms with E-state index in [2.05, 4.69) is 10.6 Å². The molecule has 1 amide bonds. The monoisotopic (exact) mass is 396 g/mol. The van der Waals surface area contributed by atoms with Gasteiger partial charge in [-0.15, -0.1) is 24.2 Å². The number of nitrogens with one attached hydrogen (secondary N) is 2. The topological polar surface area (TPSA) is 50.4 Å². The second kappa shape index (κ2) is 9.80. The zero-order valence-corrected chi connectivity index (χ0v) is 16.1. The Morgan fingerprint density at radius 3 is 2.77 bits per heavy atom. The van der Waals surface area contributed by atoms with Gasteiger partial charge in [-0.05, 0) is 61.3 Å². The van der Waals surface area contributed by atoms with Crippen LogP contribution in [0.5, 0.6) is 5.75 Å². The van der Waals surface area contributed by atoms with Crippen LogP contribution < -0.4 is 15.4 Å². The van der Waals surface area contributed by atoms with Gasteiger partial charge in [0.1, 0.15) is 11.6 Å². The molecule has 140 valence electrons. The lowest BCUT2D eigenvalue weighted by Crippen LogP contribution is -2.25. The number of ether oxygens (including phenoxy) is 1. The molecule has 3 rings (SSSR count). The predicted molar refractivity (Wildman–Crippen MR) is 106 cm³/mol. The van der Waals surface area contributed by atoms with Crippen LogP contribution >= 0.6 is 24.2 Å². The Morgan fingerprint density at radius 2 is 2.04 bits per heavy atom. The molecule has 0 atom stereocenters. The second-order valence-electron chi connectivity index (χ2n) is 5.73. The fourth-order valence-electron chi connectivity index (χ4n) is 2.76. The first-order valence-electron chi connectivity index (χ1n) is 8.34. The van der Waals surface area contributed by atoms with Crippen molar-refractivity contribution in [1.29, 1.82) is 0 Å². The van der Waals surface area contributed by atoms with Crippen LogP contribution in [-0.2, 0) is 17.8 Å². The van der Waals surface area contributed by atoms with Gasteiger partial charge >= 0.3 is 0 Å². The Labute approximate surface area is 163 Å². The average molecular weight is 397 g/mol. The van der Waals surface area contributed by atoms with Crippen LogP contribution in [0, 0.1) is 5.82 Å². The molecular weight excluding hydrogens is 375 g/mol. The molecule has 0 aliphatic carbocycles. The average Bonchev–Trinajstić information content (AvgIpc) is 2.64. The quantitative estimate of drug-likeness (QED) is 0.724. The summed E-state index contributed by atoms with van der Waals surface area (Å²) in [6.45, 7) is 3.99. The molecule has 1 aliphatic heterocycles. The summed E-state index contributed by atoms with van der Waals surface area (Å²) in [6, 6.07) is 11.1. The zero-order valence-electron chi connectivity index (χ0n) is 14.5. The van der Waals surface area contributed by atoms with E-state index in [1.54, 1.807) is 6.07 Å². The highest BCUT2D eigenvalue weighted by Crippen LogP contribution is 2.25. The summed E-state index contributed by atoms with van der Waals surface area (Å²) >= 11 is 1.41. The number of carbonyl (C=O) groups is 1. The third-order valence-electron chi connectivity index (χ3n) is 3.99. The molecule has 2 aromatic rings. The van der Waals surface area contributed by atoms with Gasteiger partial charge in [0.25, 0.3) is 0 Å². The summed E-state index contributed by atoms with van der Waals surface area (Å²) in [7, 11) is 0. The van der Waals surface area contributed by atoms with Crippen LogP contribution in [0.2, 0.25) is 0 Å². The van der Waals surface area contributed by atoms with Crippen molar-refractivity contribution in [3.8, 4) is 5.75 Å². The first-order valence-corrected chi connectivity index (χ1v) is 9.32. The summed E-state index contributed by atoms with van der Waals surface area (Å²) in [5, 5.41) is 5.89. The van der Waals surface area contributed by atoms with E-state index >= 15 is 0 Å². The molecule has 0 saturated carbocycles. The molecule has 0 unspecified atom stereocenters. The number of carbonyl (C=O) groups excluding carboxylic acids is 1. The molecule has 1 aliphatic rings. The Hall–Kier alpha value is -1.76. The van der Waals surface area contributed by atoms with E-state index in [1.165, 1.54) is 11.8 Å². The molecule has 0 spiro atoms. The summed E-state index contributed by atoms with van der Waals surface area (Å²) in [6.07, 6.45) is 0.645. The molecule has 1 heterocycles. The van der Waals surface area contributed by atoms with E-state index < -0.39 is 0 Å². The number of halogens is 2. The maximum atomic E-state index is 14.5. The number of rotatable bonds is 6. The van der Waals surface area contributed by atoms with Gasteiger partial charge in [0.05, 0.1) is 18.0 Å². The predicted octanol–water partition coefficient (Wildman–Crippen LogP) is 4.02. The number of hydrogen-bond acceptors (Lipinski definition) is 4. The maximum Gasteiger partial charge on any atom is 0.234 e. The molecule has 0 bridgehead atoms. The van der Waals surface area contributed by atoms with Gasteiger partial charge in [-0.1, -0.05) is 6.07 Å². The summed E-state index contributed by atoms with van der Waals surface area (Å²) in [5.41, 5.74) is 1.93. The lowest BCUT2D eigenvalue weighted by molar-refractivity contribution is -0.113. The molecule has 4 nitrogen and oxygen atoms in total. The number of thioether (sulfide) groups is 1. The fourth-order valence-corrected chi connectivity index (χ4v) is 3.46. The van der Waals surface area contributed by atoms with E-state index in [-0.39, 0.29) is 35.6 Å². The number of fused-ring (bicyclic) bond motifs is 1. The van der Waals surface area contributed by atoms with E-state index in [4.69, 9.17) is 4.74 Å². The smallest absolute Gasteiger partial charge is 0.234 e. The van der Waals surface area contributed by atoms with Crippen LogP contribution in [0.3, 0.4) is 0 Å². The third-order valence-corrected chi connectivity index (χ3v) is 5.00. The molecule has 0 aromatic heterocycles. The first kappa shape index (κ1) is 20.6. The number of hydrogen-bond donors (Lipinski definition) is 2. The summed E-state index contributed by atoms with van der Waals surface area (Å²) in [4.78, 5) is 13.1. The van der Waals surface area contributed by atoms with Crippen LogP contribution in [0.4, 0.5) is 10.1 Å². The molecule has 0 fully saturated rings. The molecule has 0 saturated heterocycles. The number of amides is 1. The van der Waals surface area contributed by atoms with Crippen molar-refractivity contribution in [2.24, 2.45) is 0 Å². The maximum absolute atomic E-state index is 14.5. The van der Waals surface area contributed by atoms with Crippen LogP contribution in [-0.4, -0.2) is 24.8 Å². The van der Waals surface area contributed by atoms with Crippen molar-refractivity contribution in [2.75, 3.05) is 24.2 Å². The zero-order chi connectivity index (χ0) is 17.6. The van der Waals surface area contributed by atoms with Gasteiger partial charge in [-0.2, -0.15) is 0 Å². The minimum Gasteiger partial charge on any atom is -0.494 e. The summed E-state index contributed by atoms with van der Waals surface area (Å²) in [5.74, 6) is 0.513.